The minimum atomic E-state index is -4.71. The van der Waals surface area contributed by atoms with Crippen LogP contribution < -0.4 is 15.0 Å². The Labute approximate surface area is 247 Å². The number of ether oxygens (including phenoxy) is 1. The van der Waals surface area contributed by atoms with Crippen LogP contribution in [0.1, 0.15) is 53.0 Å². The quantitative estimate of drug-likeness (QED) is 0.284. The topological polar surface area (TPSA) is 102 Å². The van der Waals surface area contributed by atoms with Crippen molar-refractivity contribution < 1.29 is 27.5 Å². The maximum Gasteiger partial charge on any atom is 0.433 e. The summed E-state index contributed by atoms with van der Waals surface area (Å²) >= 11 is 12.6. The molecule has 14 heteroatoms. The van der Waals surface area contributed by atoms with Gasteiger partial charge in [-0.1, -0.05) is 29.3 Å². The lowest BCUT2D eigenvalue weighted by atomic mass is 9.87. The molecule has 0 aliphatic carbocycles. The highest BCUT2D eigenvalue weighted by Gasteiger charge is 2.64. The number of benzene rings is 1. The summed E-state index contributed by atoms with van der Waals surface area (Å²) in [4.78, 5) is 42.5. The van der Waals surface area contributed by atoms with Crippen molar-refractivity contribution in [3.63, 3.8) is 0 Å². The summed E-state index contributed by atoms with van der Waals surface area (Å²) < 4.78 is 47.3. The summed E-state index contributed by atoms with van der Waals surface area (Å²) in [5, 5.41) is 3.46. The molecule has 5 heterocycles. The van der Waals surface area contributed by atoms with Gasteiger partial charge >= 0.3 is 6.18 Å². The van der Waals surface area contributed by atoms with Crippen molar-refractivity contribution >= 4 is 46.4 Å². The number of nitrogens with one attached hydrogen (secondary N) is 1. The Morgan fingerprint density at radius 1 is 1.05 bits per heavy atom. The van der Waals surface area contributed by atoms with Crippen molar-refractivity contribution in [2.75, 3.05) is 17.3 Å². The number of carbonyl (C=O) groups excluding carboxylic acids is 2. The number of fused-ring (bicyclic) bond motifs is 4. The van der Waals surface area contributed by atoms with Crippen molar-refractivity contribution in [1.82, 2.24) is 19.5 Å². The number of methoxy groups -OCH3 is 1. The van der Waals surface area contributed by atoms with Crippen molar-refractivity contribution in [1.29, 1.82) is 0 Å². The third-order valence-corrected chi connectivity index (χ3v) is 7.79. The zero-order valence-electron chi connectivity index (χ0n) is 22.5. The number of anilines is 2. The highest BCUT2D eigenvalue weighted by molar-refractivity contribution is 6.32. The van der Waals surface area contributed by atoms with Gasteiger partial charge in [0.15, 0.2) is 11.2 Å². The molecule has 9 nitrogen and oxygen atoms in total. The van der Waals surface area contributed by atoms with Gasteiger partial charge in [0.1, 0.15) is 17.3 Å². The number of pyridine rings is 2. The fourth-order valence-electron chi connectivity index (χ4n) is 5.65. The Kier molecular flexibility index (Phi) is 6.28. The van der Waals surface area contributed by atoms with E-state index < -0.39 is 35.3 Å². The minimum Gasteiger partial charge on any atom is -0.496 e. The fraction of sp³-hybridized carbons (Fsp3) is 0.250. The Morgan fingerprint density at radius 2 is 1.79 bits per heavy atom. The molecular weight excluding hydrogens is 596 g/mol. The lowest BCUT2D eigenvalue weighted by molar-refractivity contribution is -0.141. The molecule has 216 valence electrons. The molecule has 1 unspecified atom stereocenters. The number of alkyl halides is 3. The van der Waals surface area contributed by atoms with Crippen molar-refractivity contribution in [2.24, 2.45) is 0 Å². The Hall–Kier alpha value is -4.16. The van der Waals surface area contributed by atoms with Crippen molar-refractivity contribution in [3.8, 4) is 17.1 Å². The molecule has 2 amide bonds. The summed E-state index contributed by atoms with van der Waals surface area (Å²) in [6.07, 6.45) is -2.28. The fourth-order valence-corrected chi connectivity index (χ4v) is 5.98. The van der Waals surface area contributed by atoms with Crippen LogP contribution in [0.5, 0.6) is 5.75 Å². The summed E-state index contributed by atoms with van der Waals surface area (Å²) in [5.74, 6) is -1.23. The number of aryl methyl sites for hydroxylation is 1. The van der Waals surface area contributed by atoms with Gasteiger partial charge in [-0.25, -0.2) is 4.98 Å². The van der Waals surface area contributed by atoms with Gasteiger partial charge in [0.25, 0.3) is 11.8 Å². The number of halogens is 5. The van der Waals surface area contributed by atoms with Gasteiger partial charge in [0.2, 0.25) is 0 Å². The SMILES string of the molecule is COc1cc(C(F)(F)F)ncc1-c1nc2c(n1C(C)C)C1(C(=O)Nc3cc(Cl)ccc31)N(c1cc(Cl)cnc1C)C2=O. The van der Waals surface area contributed by atoms with E-state index in [1.165, 1.54) is 18.2 Å². The number of imidazole rings is 1. The summed E-state index contributed by atoms with van der Waals surface area (Å²) in [6.45, 7) is 5.29. The number of aromatic nitrogens is 4. The molecule has 0 bridgehead atoms. The van der Waals surface area contributed by atoms with Crippen LogP contribution in [0, 0.1) is 6.92 Å². The maximum absolute atomic E-state index is 14.4. The molecule has 4 aromatic rings. The molecule has 42 heavy (non-hydrogen) atoms. The maximum atomic E-state index is 14.4. The van der Waals surface area contributed by atoms with Crippen LogP contribution in [0.25, 0.3) is 11.4 Å². The third kappa shape index (κ3) is 3.81. The summed E-state index contributed by atoms with van der Waals surface area (Å²) in [6, 6.07) is 6.70. The van der Waals surface area contributed by atoms with Gasteiger partial charge in [-0.15, -0.1) is 0 Å². The van der Waals surface area contributed by atoms with E-state index >= 15 is 0 Å². The average molecular weight is 617 g/mol. The summed E-state index contributed by atoms with van der Waals surface area (Å²) in [5.41, 5.74) is -1.15. The first-order chi connectivity index (χ1) is 19.8. The van der Waals surface area contributed by atoms with Crippen molar-refractivity contribution in [3.05, 3.63) is 81.1 Å². The van der Waals surface area contributed by atoms with E-state index in [1.807, 2.05) is 0 Å². The van der Waals surface area contributed by atoms with Gasteiger partial charge in [0.05, 0.1) is 34.8 Å². The highest BCUT2D eigenvalue weighted by Crippen LogP contribution is 2.55. The number of hydrogen-bond acceptors (Lipinski definition) is 6. The molecular formula is C28H21Cl2F3N6O3. The molecule has 1 aromatic carbocycles. The van der Waals surface area contributed by atoms with E-state index in [1.54, 1.807) is 49.6 Å². The number of hydrogen-bond donors (Lipinski definition) is 1. The van der Waals surface area contributed by atoms with E-state index in [0.29, 0.717) is 22.0 Å². The van der Waals surface area contributed by atoms with Crippen LogP contribution in [0.4, 0.5) is 24.5 Å². The van der Waals surface area contributed by atoms with E-state index in [-0.39, 0.29) is 39.2 Å². The lowest BCUT2D eigenvalue weighted by Crippen LogP contribution is -2.51. The Morgan fingerprint density at radius 3 is 2.45 bits per heavy atom. The highest BCUT2D eigenvalue weighted by atomic mass is 35.5. The van der Waals surface area contributed by atoms with E-state index in [9.17, 15) is 22.8 Å². The second kappa shape index (κ2) is 9.43. The van der Waals surface area contributed by atoms with Crippen LogP contribution in [0.3, 0.4) is 0 Å². The molecule has 0 radical (unpaired) electrons. The average Bonchev–Trinajstić information content (AvgIpc) is 3.53. The van der Waals surface area contributed by atoms with E-state index in [4.69, 9.17) is 27.9 Å². The molecule has 3 aromatic heterocycles. The monoisotopic (exact) mass is 616 g/mol. The van der Waals surface area contributed by atoms with E-state index in [2.05, 4.69) is 20.3 Å². The first-order valence-corrected chi connectivity index (χ1v) is 13.4. The van der Waals surface area contributed by atoms with Crippen LogP contribution in [-0.2, 0) is 16.5 Å². The molecule has 2 aliphatic heterocycles. The zero-order valence-corrected chi connectivity index (χ0v) is 24.0. The standard InChI is InChI=1S/C28H21Cl2F3N6O3/c1-12(2)38-23-22(37-24(38)16-11-35-21(28(31,32)33)9-20(16)42-4)25(40)39(19-8-15(30)10-34-13(19)3)27(23)17-6-5-14(29)7-18(17)36-26(27)41/h5-12H,1-4H3,(H,36,41). The number of rotatable bonds is 4. The number of amides is 2. The predicted octanol–water partition coefficient (Wildman–Crippen LogP) is 6.42. The first kappa shape index (κ1) is 28.0. The second-order valence-electron chi connectivity index (χ2n) is 10.1. The molecule has 0 saturated heterocycles. The lowest BCUT2D eigenvalue weighted by Gasteiger charge is -2.36. The molecule has 2 aliphatic rings. The third-order valence-electron chi connectivity index (χ3n) is 7.34. The Bertz CT molecular complexity index is 1820. The van der Waals surface area contributed by atoms with Gasteiger partial charge in [-0.3, -0.25) is 24.5 Å². The van der Waals surface area contributed by atoms with Gasteiger partial charge < -0.3 is 14.6 Å². The van der Waals surface area contributed by atoms with Crippen molar-refractivity contribution in [2.45, 2.75) is 38.5 Å². The smallest absolute Gasteiger partial charge is 0.433 e. The van der Waals surface area contributed by atoms with Crippen LogP contribution >= 0.6 is 23.2 Å². The normalized spacial score (nSPS) is 17.7. The van der Waals surface area contributed by atoms with E-state index in [0.717, 1.165) is 12.3 Å². The van der Waals surface area contributed by atoms with Gasteiger partial charge in [0, 0.05) is 40.8 Å². The number of nitrogens with zero attached hydrogens (tertiary/aromatic N) is 5. The zero-order chi connectivity index (χ0) is 30.3. The Balaban J connectivity index is 1.71. The van der Waals surface area contributed by atoms with Crippen LogP contribution in [0.15, 0.2) is 42.7 Å². The molecule has 0 saturated carbocycles. The molecule has 1 atom stereocenters. The molecule has 1 spiro atoms. The van der Waals surface area contributed by atoms with Gasteiger partial charge in [-0.05, 0) is 39.0 Å². The first-order valence-electron chi connectivity index (χ1n) is 12.6. The molecule has 0 fully saturated rings. The predicted molar refractivity (Wildman–Crippen MR) is 149 cm³/mol. The second-order valence-corrected chi connectivity index (χ2v) is 11.0. The van der Waals surface area contributed by atoms with Crippen LogP contribution in [-0.4, -0.2) is 38.4 Å². The molecule has 1 N–H and O–H groups in total. The largest absolute Gasteiger partial charge is 0.496 e. The van der Waals surface area contributed by atoms with Gasteiger partial charge in [-0.2, -0.15) is 13.2 Å². The molecule has 6 rings (SSSR count). The minimum absolute atomic E-state index is 0.0713. The number of carbonyl (C=O) groups is 2. The van der Waals surface area contributed by atoms with Crippen LogP contribution in [0.2, 0.25) is 10.0 Å². The summed E-state index contributed by atoms with van der Waals surface area (Å²) in [7, 11) is 1.23.